The van der Waals surface area contributed by atoms with Gasteiger partial charge in [0.1, 0.15) is 39.9 Å². The molecule has 46 heavy (non-hydrogen) atoms. The number of carbonyl (C=O) groups is 1. The van der Waals surface area contributed by atoms with Crippen LogP contribution in [0.25, 0.3) is 39.7 Å². The van der Waals surface area contributed by atoms with Crippen molar-refractivity contribution in [3.63, 3.8) is 0 Å². The number of nitriles is 1. The average molecular weight is 609 g/mol. The summed E-state index contributed by atoms with van der Waals surface area (Å²) in [4.78, 5) is 20.1. The quantitative estimate of drug-likeness (QED) is 0.0831. The van der Waals surface area contributed by atoms with Crippen molar-refractivity contribution in [3.8, 4) is 28.7 Å². The minimum Gasteiger partial charge on any atom is -0.477 e. The highest BCUT2D eigenvalue weighted by molar-refractivity contribution is 5.98. The topological polar surface area (TPSA) is 121 Å². The summed E-state index contributed by atoms with van der Waals surface area (Å²) in [6, 6.07) is 33.7. The number of hydrogen-bond acceptors (Lipinski definition) is 7. The van der Waals surface area contributed by atoms with Crippen LogP contribution in [0.1, 0.15) is 38.4 Å². The molecule has 0 unspecified atom stereocenters. The van der Waals surface area contributed by atoms with Crippen LogP contribution in [-0.4, -0.2) is 31.1 Å². The number of unbranched alkanes of at least 4 members (excludes halogenated alkanes) is 3. The Morgan fingerprint density at radius 3 is 2.15 bits per heavy atom. The van der Waals surface area contributed by atoms with Crippen LogP contribution in [-0.2, 0) is 11.3 Å². The van der Waals surface area contributed by atoms with E-state index in [4.69, 9.17) is 24.9 Å². The molecule has 0 radical (unpaired) electrons. The zero-order chi connectivity index (χ0) is 31.9. The SMILES string of the molecule is CCCCCCn1nc2c(-c3ccc(/C=C(/C#N)C(=O)O)o3)cnc(-c3ccc(N(c4ccccc4)c4ccccc4)cc3)c2n1. The number of carboxylic acids is 1. The number of aromatic nitrogens is 4. The largest absolute Gasteiger partial charge is 0.477 e. The molecule has 3 heterocycles. The summed E-state index contributed by atoms with van der Waals surface area (Å²) in [5.41, 5.74) is 6.17. The van der Waals surface area contributed by atoms with Crippen LogP contribution in [0, 0.1) is 11.3 Å². The first-order valence-electron chi connectivity index (χ1n) is 15.3. The van der Waals surface area contributed by atoms with Crippen LogP contribution in [0.2, 0.25) is 0 Å². The molecule has 0 aliphatic rings. The number of rotatable bonds is 12. The van der Waals surface area contributed by atoms with Gasteiger partial charge in [0.15, 0.2) is 0 Å². The Hall–Kier alpha value is -6.01. The Morgan fingerprint density at radius 1 is 0.870 bits per heavy atom. The molecule has 9 nitrogen and oxygen atoms in total. The van der Waals surface area contributed by atoms with E-state index in [2.05, 4.69) is 48.2 Å². The van der Waals surface area contributed by atoms with Crippen molar-refractivity contribution in [1.29, 1.82) is 5.26 Å². The molecule has 3 aromatic heterocycles. The zero-order valence-corrected chi connectivity index (χ0v) is 25.4. The molecule has 228 valence electrons. The number of fused-ring (bicyclic) bond motifs is 1. The van der Waals surface area contributed by atoms with Crippen molar-refractivity contribution < 1.29 is 14.3 Å². The zero-order valence-electron chi connectivity index (χ0n) is 25.4. The molecular weight excluding hydrogens is 576 g/mol. The van der Waals surface area contributed by atoms with E-state index in [1.807, 2.05) is 48.5 Å². The van der Waals surface area contributed by atoms with E-state index < -0.39 is 11.5 Å². The molecule has 6 aromatic rings. The molecule has 0 bridgehead atoms. The van der Waals surface area contributed by atoms with Crippen LogP contribution >= 0.6 is 0 Å². The minimum atomic E-state index is -1.32. The van der Waals surface area contributed by atoms with Gasteiger partial charge >= 0.3 is 5.97 Å². The highest BCUT2D eigenvalue weighted by Gasteiger charge is 2.20. The molecule has 6 rings (SSSR count). The maximum absolute atomic E-state index is 11.3. The molecule has 1 N–H and O–H groups in total. The summed E-state index contributed by atoms with van der Waals surface area (Å²) in [6.07, 6.45) is 7.24. The molecule has 0 atom stereocenters. The van der Waals surface area contributed by atoms with Crippen LogP contribution < -0.4 is 4.90 Å². The van der Waals surface area contributed by atoms with E-state index in [0.29, 0.717) is 34.6 Å². The lowest BCUT2D eigenvalue weighted by Gasteiger charge is -2.25. The lowest BCUT2D eigenvalue weighted by Crippen LogP contribution is -2.09. The van der Waals surface area contributed by atoms with Crippen molar-refractivity contribution in [2.45, 2.75) is 39.2 Å². The van der Waals surface area contributed by atoms with Crippen molar-refractivity contribution in [3.05, 3.63) is 115 Å². The molecule has 0 spiro atoms. The van der Waals surface area contributed by atoms with Gasteiger partial charge in [-0.2, -0.15) is 20.3 Å². The van der Waals surface area contributed by atoms with Gasteiger partial charge in [-0.3, -0.25) is 4.98 Å². The predicted molar refractivity (Wildman–Crippen MR) is 179 cm³/mol. The number of furan rings is 1. The third kappa shape index (κ3) is 6.42. The van der Waals surface area contributed by atoms with Gasteiger partial charge < -0.3 is 14.4 Å². The predicted octanol–water partition coefficient (Wildman–Crippen LogP) is 8.79. The van der Waals surface area contributed by atoms with Gasteiger partial charge in [-0.25, -0.2) is 4.79 Å². The van der Waals surface area contributed by atoms with Crippen LogP contribution in [0.4, 0.5) is 17.1 Å². The van der Waals surface area contributed by atoms with Gasteiger partial charge in [-0.05, 0) is 55.0 Å². The number of benzene rings is 3. The number of aryl methyl sites for hydroxylation is 1. The Balaban J connectivity index is 1.39. The summed E-state index contributed by atoms with van der Waals surface area (Å²) in [5.74, 6) is -0.621. The maximum Gasteiger partial charge on any atom is 0.346 e. The molecule has 0 aliphatic carbocycles. The standard InChI is InChI=1S/C37H32N6O3/c1-2-3-4-11-22-42-40-35-32(33-21-20-31(46-33)23-27(24-38)37(44)45)25-39-34(36(35)41-42)26-16-18-30(19-17-26)43(28-12-7-5-8-13-28)29-14-9-6-10-15-29/h5-10,12-21,23,25H,2-4,11,22H2,1H3,(H,44,45)/b27-23-. The van der Waals surface area contributed by atoms with E-state index in [1.165, 1.54) is 6.08 Å². The highest BCUT2D eigenvalue weighted by Crippen LogP contribution is 2.37. The van der Waals surface area contributed by atoms with Gasteiger partial charge in [0.25, 0.3) is 0 Å². The second-order valence-electron chi connectivity index (χ2n) is 10.8. The van der Waals surface area contributed by atoms with Gasteiger partial charge in [0.05, 0.1) is 12.1 Å². The van der Waals surface area contributed by atoms with E-state index in [0.717, 1.165) is 48.3 Å². The molecule has 0 saturated heterocycles. The third-order valence-electron chi connectivity index (χ3n) is 7.63. The van der Waals surface area contributed by atoms with Crippen molar-refractivity contribution >= 4 is 40.1 Å². The fourth-order valence-corrected chi connectivity index (χ4v) is 5.34. The number of nitrogens with zero attached hydrogens (tertiary/aromatic N) is 6. The first kappa shape index (κ1) is 30.0. The maximum atomic E-state index is 11.3. The fourth-order valence-electron chi connectivity index (χ4n) is 5.34. The Kier molecular flexibility index (Phi) is 8.97. The summed E-state index contributed by atoms with van der Waals surface area (Å²) < 4.78 is 5.94. The molecule has 0 saturated carbocycles. The average Bonchev–Trinajstić information content (AvgIpc) is 3.74. The van der Waals surface area contributed by atoms with E-state index in [-0.39, 0.29) is 5.76 Å². The summed E-state index contributed by atoms with van der Waals surface area (Å²) in [5, 5.41) is 28.1. The first-order chi connectivity index (χ1) is 22.6. The number of hydrogen-bond donors (Lipinski definition) is 1. The van der Waals surface area contributed by atoms with Crippen molar-refractivity contribution in [1.82, 2.24) is 20.0 Å². The number of carboxylic acid groups (broad SMARTS) is 1. The van der Waals surface area contributed by atoms with E-state index in [1.54, 1.807) is 29.2 Å². The van der Waals surface area contributed by atoms with Gasteiger partial charge in [-0.15, -0.1) is 0 Å². The Labute approximate surface area is 266 Å². The van der Waals surface area contributed by atoms with Gasteiger partial charge in [0, 0.05) is 34.9 Å². The van der Waals surface area contributed by atoms with E-state index in [9.17, 15) is 9.90 Å². The molecule has 0 fully saturated rings. The monoisotopic (exact) mass is 608 g/mol. The molecule has 0 aliphatic heterocycles. The van der Waals surface area contributed by atoms with Crippen LogP contribution in [0.15, 0.2) is 113 Å². The number of para-hydroxylation sites is 2. The van der Waals surface area contributed by atoms with Crippen LogP contribution in [0.5, 0.6) is 0 Å². The van der Waals surface area contributed by atoms with Crippen molar-refractivity contribution in [2.75, 3.05) is 4.90 Å². The molecule has 3 aromatic carbocycles. The Morgan fingerprint density at radius 2 is 1.52 bits per heavy atom. The smallest absolute Gasteiger partial charge is 0.346 e. The second kappa shape index (κ2) is 13.7. The Bertz CT molecular complexity index is 1980. The lowest BCUT2D eigenvalue weighted by atomic mass is 10.1. The van der Waals surface area contributed by atoms with E-state index >= 15 is 0 Å². The second-order valence-corrected chi connectivity index (χ2v) is 10.8. The number of aliphatic carboxylic acids is 1. The summed E-state index contributed by atoms with van der Waals surface area (Å²) in [7, 11) is 0. The van der Waals surface area contributed by atoms with Crippen LogP contribution in [0.3, 0.4) is 0 Å². The molecule has 9 heteroatoms. The first-order valence-corrected chi connectivity index (χ1v) is 15.3. The fraction of sp³-hybridized carbons (Fsp3) is 0.162. The normalized spacial score (nSPS) is 11.4. The van der Waals surface area contributed by atoms with Gasteiger partial charge in [0.2, 0.25) is 0 Å². The molecular formula is C37H32N6O3. The summed E-state index contributed by atoms with van der Waals surface area (Å²) in [6.45, 7) is 2.85. The van der Waals surface area contributed by atoms with Gasteiger partial charge in [-0.1, -0.05) is 74.7 Å². The minimum absolute atomic E-state index is 0.245. The summed E-state index contributed by atoms with van der Waals surface area (Å²) >= 11 is 0. The highest BCUT2D eigenvalue weighted by atomic mass is 16.4. The lowest BCUT2D eigenvalue weighted by molar-refractivity contribution is -0.132. The number of anilines is 3. The third-order valence-corrected chi connectivity index (χ3v) is 7.63. The number of pyridine rings is 1. The van der Waals surface area contributed by atoms with Crippen molar-refractivity contribution in [2.24, 2.45) is 0 Å². The molecule has 0 amide bonds.